The van der Waals surface area contributed by atoms with Crippen LogP contribution < -0.4 is 5.43 Å². The molecule has 2 rings (SSSR count). The van der Waals surface area contributed by atoms with Crippen LogP contribution in [0.1, 0.15) is 17.0 Å². The minimum atomic E-state index is -0.970. The third kappa shape index (κ3) is 4.17. The van der Waals surface area contributed by atoms with Crippen LogP contribution in [0.5, 0.6) is 5.75 Å². The van der Waals surface area contributed by atoms with E-state index in [1.165, 1.54) is 11.0 Å². The lowest BCUT2D eigenvalue weighted by atomic mass is 10.2. The Bertz CT molecular complexity index is 756. The molecule has 2 aromatic heterocycles. The quantitative estimate of drug-likeness (QED) is 0.819. The van der Waals surface area contributed by atoms with E-state index in [9.17, 15) is 14.7 Å². The highest BCUT2D eigenvalue weighted by Crippen LogP contribution is 2.18. The maximum atomic E-state index is 11.9. The highest BCUT2D eigenvalue weighted by molar-refractivity contribution is 5.69. The van der Waals surface area contributed by atoms with Gasteiger partial charge in [-0.05, 0) is 31.7 Å². The van der Waals surface area contributed by atoms with Crippen molar-refractivity contribution in [3.63, 3.8) is 0 Å². The summed E-state index contributed by atoms with van der Waals surface area (Å²) in [6, 6.07) is 5.07. The Morgan fingerprint density at radius 3 is 2.61 bits per heavy atom. The molecule has 2 heterocycles. The number of pyridine rings is 2. The Hall–Kier alpha value is -2.67. The molecule has 0 atom stereocenters. The molecule has 0 aliphatic carbocycles. The predicted octanol–water partition coefficient (Wildman–Crippen LogP) is 0.822. The first-order valence-electron chi connectivity index (χ1n) is 7.10. The molecule has 0 bridgehead atoms. The largest absolute Gasteiger partial charge is 0.503 e. The molecule has 0 saturated carbocycles. The molecule has 0 radical (unpaired) electrons. The van der Waals surface area contributed by atoms with Gasteiger partial charge in [0.2, 0.25) is 5.43 Å². The van der Waals surface area contributed by atoms with E-state index in [4.69, 9.17) is 5.11 Å². The van der Waals surface area contributed by atoms with Gasteiger partial charge in [0.05, 0.1) is 12.2 Å². The summed E-state index contributed by atoms with van der Waals surface area (Å²) >= 11 is 0. The Labute approximate surface area is 133 Å². The van der Waals surface area contributed by atoms with Crippen molar-refractivity contribution in [2.24, 2.45) is 0 Å². The van der Waals surface area contributed by atoms with Gasteiger partial charge in [0.15, 0.2) is 5.75 Å². The number of hydrogen-bond donors (Lipinski definition) is 2. The second-order valence-corrected chi connectivity index (χ2v) is 5.45. The van der Waals surface area contributed by atoms with Crippen LogP contribution in [-0.2, 0) is 17.9 Å². The first kappa shape index (κ1) is 16.7. The number of rotatable bonds is 6. The van der Waals surface area contributed by atoms with E-state index >= 15 is 0 Å². The lowest BCUT2D eigenvalue weighted by Crippen LogP contribution is -2.28. The standard InChI is InChI=1S/C16H19N3O4/c1-11-7-14(20)16(23)13(9-18(2)10-15(21)22)19(11)8-12-3-5-17-6-4-12/h3-7,23H,8-10H2,1-2H3,(H,21,22). The van der Waals surface area contributed by atoms with Gasteiger partial charge in [0, 0.05) is 37.2 Å². The van der Waals surface area contributed by atoms with Crippen molar-refractivity contribution in [3.8, 4) is 5.75 Å². The van der Waals surface area contributed by atoms with Gasteiger partial charge >= 0.3 is 5.97 Å². The zero-order valence-electron chi connectivity index (χ0n) is 13.1. The Kier molecular flexibility index (Phi) is 5.13. The number of aromatic nitrogens is 2. The van der Waals surface area contributed by atoms with Crippen molar-refractivity contribution in [1.82, 2.24) is 14.5 Å². The van der Waals surface area contributed by atoms with Crippen molar-refractivity contribution in [2.75, 3.05) is 13.6 Å². The minimum Gasteiger partial charge on any atom is -0.503 e. The molecular formula is C16H19N3O4. The van der Waals surface area contributed by atoms with Gasteiger partial charge in [0.1, 0.15) is 0 Å². The second-order valence-electron chi connectivity index (χ2n) is 5.45. The summed E-state index contributed by atoms with van der Waals surface area (Å²) in [4.78, 5) is 28.2. The third-order valence-corrected chi connectivity index (χ3v) is 3.51. The van der Waals surface area contributed by atoms with Gasteiger partial charge in [-0.3, -0.25) is 19.5 Å². The predicted molar refractivity (Wildman–Crippen MR) is 84.4 cm³/mol. The fourth-order valence-corrected chi connectivity index (χ4v) is 2.41. The average Bonchev–Trinajstić information content (AvgIpc) is 2.48. The number of carboxylic acid groups (broad SMARTS) is 1. The van der Waals surface area contributed by atoms with E-state index in [0.717, 1.165) is 5.56 Å². The first-order valence-corrected chi connectivity index (χ1v) is 7.10. The summed E-state index contributed by atoms with van der Waals surface area (Å²) < 4.78 is 1.81. The molecule has 0 saturated heterocycles. The molecule has 2 aromatic rings. The molecule has 7 heteroatoms. The van der Waals surface area contributed by atoms with E-state index in [1.807, 2.05) is 16.7 Å². The van der Waals surface area contributed by atoms with Gasteiger partial charge in [0.25, 0.3) is 0 Å². The van der Waals surface area contributed by atoms with Crippen LogP contribution in [0, 0.1) is 6.92 Å². The summed E-state index contributed by atoms with van der Waals surface area (Å²) in [5.41, 5.74) is 1.60. The molecule has 2 N–H and O–H groups in total. The molecule has 122 valence electrons. The Morgan fingerprint density at radius 1 is 1.35 bits per heavy atom. The normalized spacial score (nSPS) is 10.9. The molecule has 0 unspecified atom stereocenters. The monoisotopic (exact) mass is 317 g/mol. The van der Waals surface area contributed by atoms with Gasteiger partial charge in [-0.25, -0.2) is 0 Å². The topological polar surface area (TPSA) is 95.7 Å². The van der Waals surface area contributed by atoms with Crippen molar-refractivity contribution in [2.45, 2.75) is 20.0 Å². The summed E-state index contributed by atoms with van der Waals surface area (Å²) in [6.07, 6.45) is 3.34. The van der Waals surface area contributed by atoms with Crippen molar-refractivity contribution in [1.29, 1.82) is 0 Å². The van der Waals surface area contributed by atoms with Crippen LogP contribution in [0.25, 0.3) is 0 Å². The summed E-state index contributed by atoms with van der Waals surface area (Å²) in [5, 5.41) is 19.0. The summed E-state index contributed by atoms with van der Waals surface area (Å²) in [6.45, 7) is 2.21. The lowest BCUT2D eigenvalue weighted by molar-refractivity contribution is -0.138. The van der Waals surface area contributed by atoms with Crippen LogP contribution in [0.3, 0.4) is 0 Å². The van der Waals surface area contributed by atoms with Gasteiger partial charge in [-0.1, -0.05) is 0 Å². The van der Waals surface area contributed by atoms with Crippen LogP contribution in [0.15, 0.2) is 35.4 Å². The fourth-order valence-electron chi connectivity index (χ4n) is 2.41. The lowest BCUT2D eigenvalue weighted by Gasteiger charge is -2.22. The number of aryl methyl sites for hydroxylation is 1. The molecule has 7 nitrogen and oxygen atoms in total. The number of aromatic hydroxyl groups is 1. The first-order chi connectivity index (χ1) is 10.9. The maximum absolute atomic E-state index is 11.9. The minimum absolute atomic E-state index is 0.153. The van der Waals surface area contributed by atoms with E-state index < -0.39 is 11.4 Å². The van der Waals surface area contributed by atoms with Crippen molar-refractivity contribution in [3.05, 3.63) is 57.8 Å². The summed E-state index contributed by atoms with van der Waals surface area (Å²) in [7, 11) is 1.62. The number of carboxylic acids is 1. The van der Waals surface area contributed by atoms with Crippen LogP contribution in [-0.4, -0.2) is 44.2 Å². The van der Waals surface area contributed by atoms with Gasteiger partial charge < -0.3 is 14.8 Å². The average molecular weight is 317 g/mol. The number of carbonyl (C=O) groups is 1. The van der Waals surface area contributed by atoms with Crippen molar-refractivity contribution < 1.29 is 15.0 Å². The SMILES string of the molecule is Cc1cc(=O)c(O)c(CN(C)CC(=O)O)n1Cc1ccncc1. The molecular weight excluding hydrogens is 298 g/mol. The molecule has 0 fully saturated rings. The maximum Gasteiger partial charge on any atom is 0.317 e. The smallest absolute Gasteiger partial charge is 0.317 e. The van der Waals surface area contributed by atoms with E-state index in [1.54, 1.807) is 26.4 Å². The fraction of sp³-hybridized carbons (Fsp3) is 0.312. The van der Waals surface area contributed by atoms with E-state index in [0.29, 0.717) is 17.9 Å². The molecule has 0 aliphatic heterocycles. The van der Waals surface area contributed by atoms with Gasteiger partial charge in [-0.15, -0.1) is 0 Å². The summed E-state index contributed by atoms with van der Waals surface area (Å²) in [5.74, 6) is -1.32. The highest BCUT2D eigenvalue weighted by Gasteiger charge is 2.16. The molecule has 0 aromatic carbocycles. The zero-order chi connectivity index (χ0) is 17.0. The highest BCUT2D eigenvalue weighted by atomic mass is 16.4. The molecule has 0 spiro atoms. The van der Waals surface area contributed by atoms with Crippen molar-refractivity contribution >= 4 is 5.97 Å². The number of nitrogens with zero attached hydrogens (tertiary/aromatic N) is 3. The molecule has 0 aliphatic rings. The number of likely N-dealkylation sites (N-methyl/N-ethyl adjacent to an activating group) is 1. The van der Waals surface area contributed by atoms with E-state index in [2.05, 4.69) is 4.98 Å². The second kappa shape index (κ2) is 7.06. The Morgan fingerprint density at radius 2 is 2.00 bits per heavy atom. The van der Waals surface area contributed by atoms with Gasteiger partial charge in [-0.2, -0.15) is 0 Å². The van der Waals surface area contributed by atoms with Crippen LogP contribution in [0.2, 0.25) is 0 Å². The molecule has 23 heavy (non-hydrogen) atoms. The van der Waals surface area contributed by atoms with Crippen LogP contribution in [0.4, 0.5) is 0 Å². The number of aliphatic carboxylic acids is 1. The Balaban J connectivity index is 2.41. The van der Waals surface area contributed by atoms with Crippen LogP contribution >= 0.6 is 0 Å². The number of hydrogen-bond acceptors (Lipinski definition) is 5. The van der Waals surface area contributed by atoms with E-state index in [-0.39, 0.29) is 18.8 Å². The third-order valence-electron chi connectivity index (χ3n) is 3.51. The molecule has 0 amide bonds. The zero-order valence-corrected chi connectivity index (χ0v) is 13.1.